The number of fused-ring (bicyclic) bond motifs is 4. The summed E-state index contributed by atoms with van der Waals surface area (Å²) in [7, 11) is 0. The van der Waals surface area contributed by atoms with E-state index in [0.717, 1.165) is 6.42 Å². The van der Waals surface area contributed by atoms with Crippen LogP contribution in [0.2, 0.25) is 0 Å². The zero-order chi connectivity index (χ0) is 12.8. The van der Waals surface area contributed by atoms with Crippen LogP contribution in [0.25, 0.3) is 0 Å². The molecule has 96 valence electrons. The van der Waals surface area contributed by atoms with Gasteiger partial charge in [-0.1, -0.05) is 25.7 Å². The number of aliphatic hydroxyl groups excluding tert-OH is 1. The van der Waals surface area contributed by atoms with Crippen LogP contribution < -0.4 is 0 Å². The maximum atomic E-state index is 11.6. The summed E-state index contributed by atoms with van der Waals surface area (Å²) in [4.78, 5) is 11.6. The molecule has 4 aliphatic rings. The Bertz CT molecular complexity index is 494. The van der Waals surface area contributed by atoms with Gasteiger partial charge in [0.1, 0.15) is 6.10 Å². The summed E-state index contributed by atoms with van der Waals surface area (Å²) in [6.07, 6.45) is 1.33. The monoisotopic (exact) mass is 246 g/mol. The topological polar surface area (TPSA) is 46.5 Å². The van der Waals surface area contributed by atoms with Gasteiger partial charge >= 0.3 is 5.97 Å². The van der Waals surface area contributed by atoms with Crippen molar-refractivity contribution < 1.29 is 14.6 Å². The number of hydrogen-bond acceptors (Lipinski definition) is 3. The third-order valence-electron chi connectivity index (χ3n) is 5.90. The van der Waals surface area contributed by atoms with E-state index in [0.29, 0.717) is 17.4 Å². The molecule has 3 aliphatic carbocycles. The van der Waals surface area contributed by atoms with Crippen molar-refractivity contribution in [3.63, 3.8) is 0 Å². The number of esters is 1. The highest BCUT2D eigenvalue weighted by Crippen LogP contribution is 2.72. The molecule has 3 heteroatoms. The zero-order valence-electron chi connectivity index (χ0n) is 10.6. The van der Waals surface area contributed by atoms with Crippen LogP contribution in [0.1, 0.15) is 19.8 Å². The fraction of sp³-hybridized carbons (Fsp3) is 0.667. The third kappa shape index (κ3) is 0.993. The van der Waals surface area contributed by atoms with Crippen molar-refractivity contribution in [3.8, 4) is 0 Å². The summed E-state index contributed by atoms with van der Waals surface area (Å²) in [5.74, 6) is 0.805. The minimum atomic E-state index is -0.548. The summed E-state index contributed by atoms with van der Waals surface area (Å²) in [5.41, 5.74) is 1.70. The first kappa shape index (κ1) is 10.8. The summed E-state index contributed by atoms with van der Waals surface area (Å²) >= 11 is 0. The normalized spacial score (nSPS) is 56.9. The number of carbonyl (C=O) groups excluding carboxylic acids is 1. The van der Waals surface area contributed by atoms with Gasteiger partial charge in [-0.15, -0.1) is 0 Å². The highest BCUT2D eigenvalue weighted by molar-refractivity contribution is 5.91. The van der Waals surface area contributed by atoms with Crippen molar-refractivity contribution in [1.29, 1.82) is 0 Å². The molecule has 0 bridgehead atoms. The molecule has 0 aromatic rings. The first-order valence-corrected chi connectivity index (χ1v) is 6.71. The Morgan fingerprint density at radius 3 is 2.89 bits per heavy atom. The number of aliphatic hydroxyl groups is 1. The zero-order valence-corrected chi connectivity index (χ0v) is 10.6. The van der Waals surface area contributed by atoms with Crippen LogP contribution in [0, 0.1) is 29.1 Å². The van der Waals surface area contributed by atoms with Crippen LogP contribution in [0.5, 0.6) is 0 Å². The largest absolute Gasteiger partial charge is 0.458 e. The fourth-order valence-electron chi connectivity index (χ4n) is 4.99. The molecule has 1 saturated heterocycles. The van der Waals surface area contributed by atoms with Crippen molar-refractivity contribution in [2.75, 3.05) is 0 Å². The van der Waals surface area contributed by atoms with E-state index < -0.39 is 6.10 Å². The Hall–Kier alpha value is -1.09. The first-order chi connectivity index (χ1) is 8.45. The molecule has 1 heterocycles. The van der Waals surface area contributed by atoms with Crippen LogP contribution in [-0.4, -0.2) is 23.3 Å². The van der Waals surface area contributed by atoms with E-state index in [4.69, 9.17) is 4.74 Å². The van der Waals surface area contributed by atoms with Crippen molar-refractivity contribution in [3.05, 3.63) is 24.3 Å². The Labute approximate surface area is 107 Å². The van der Waals surface area contributed by atoms with E-state index in [1.54, 1.807) is 0 Å². The van der Waals surface area contributed by atoms with Gasteiger partial charge < -0.3 is 9.84 Å². The number of rotatable bonds is 0. The number of carbonyl (C=O) groups is 1. The van der Waals surface area contributed by atoms with Crippen molar-refractivity contribution in [2.24, 2.45) is 29.1 Å². The molecule has 3 nitrogen and oxygen atoms in total. The van der Waals surface area contributed by atoms with E-state index in [9.17, 15) is 9.90 Å². The highest BCUT2D eigenvalue weighted by atomic mass is 16.6. The molecule has 0 aromatic carbocycles. The minimum absolute atomic E-state index is 0.0627. The molecule has 7 atom stereocenters. The average Bonchev–Trinajstić information content (AvgIpc) is 2.98. The Morgan fingerprint density at radius 1 is 1.44 bits per heavy atom. The van der Waals surface area contributed by atoms with E-state index in [1.165, 1.54) is 12.0 Å². The molecule has 4 fully saturated rings. The lowest BCUT2D eigenvalue weighted by atomic mass is 9.60. The molecular weight excluding hydrogens is 228 g/mol. The van der Waals surface area contributed by atoms with Gasteiger partial charge in [0.05, 0.1) is 12.0 Å². The minimum Gasteiger partial charge on any atom is -0.458 e. The van der Waals surface area contributed by atoms with Crippen LogP contribution in [-0.2, 0) is 9.53 Å². The molecule has 0 amide bonds. The Kier molecular flexibility index (Phi) is 1.74. The van der Waals surface area contributed by atoms with Crippen LogP contribution in [0.3, 0.4) is 0 Å². The molecule has 0 unspecified atom stereocenters. The second kappa shape index (κ2) is 2.90. The molecule has 0 radical (unpaired) electrons. The van der Waals surface area contributed by atoms with Gasteiger partial charge in [0.25, 0.3) is 0 Å². The predicted molar refractivity (Wildman–Crippen MR) is 65.5 cm³/mol. The van der Waals surface area contributed by atoms with Gasteiger partial charge in [-0.3, -0.25) is 0 Å². The van der Waals surface area contributed by atoms with E-state index >= 15 is 0 Å². The summed E-state index contributed by atoms with van der Waals surface area (Å²) in [6, 6.07) is 0. The summed E-state index contributed by atoms with van der Waals surface area (Å²) < 4.78 is 5.40. The Balaban J connectivity index is 1.77. The van der Waals surface area contributed by atoms with Crippen molar-refractivity contribution in [2.45, 2.75) is 32.0 Å². The standard InChI is InChI=1S/C15H18O3/c1-6-8-4-9(8)15(3)5-10-11(13(16)12(6)15)7(2)14(17)18-10/h8-13,16H,1-2,4-5H2,3H3/t8-,9-,10+,11+,12-,13+,15+/m0/s1. The SMILES string of the molecule is C=C1C(=O)O[C@@H]2C[C@]3(C)[C@H]4C[C@H]4C(=C)[C@H]3[C@H](O)[C@H]12. The molecule has 3 saturated carbocycles. The van der Waals surface area contributed by atoms with Crippen molar-refractivity contribution >= 4 is 5.97 Å². The van der Waals surface area contributed by atoms with E-state index in [1.807, 2.05) is 0 Å². The average molecular weight is 246 g/mol. The van der Waals surface area contributed by atoms with Gasteiger partial charge in [-0.25, -0.2) is 4.79 Å². The molecule has 0 aromatic heterocycles. The van der Waals surface area contributed by atoms with E-state index in [2.05, 4.69) is 20.1 Å². The lowest BCUT2D eigenvalue weighted by molar-refractivity contribution is -0.145. The molecule has 1 aliphatic heterocycles. The fourth-order valence-corrected chi connectivity index (χ4v) is 4.99. The van der Waals surface area contributed by atoms with Gasteiger partial charge in [-0.05, 0) is 30.1 Å². The van der Waals surface area contributed by atoms with Gasteiger partial charge in [0.2, 0.25) is 0 Å². The molecule has 0 spiro atoms. The molecular formula is C15H18O3. The second-order valence-electron chi connectivity index (χ2n) is 6.70. The predicted octanol–water partition coefficient (Wildman–Crippen LogP) is 1.68. The van der Waals surface area contributed by atoms with Gasteiger partial charge in [-0.2, -0.15) is 0 Å². The van der Waals surface area contributed by atoms with Gasteiger partial charge in [0, 0.05) is 11.5 Å². The quantitative estimate of drug-likeness (QED) is 0.402. The maximum absolute atomic E-state index is 11.6. The van der Waals surface area contributed by atoms with Crippen LogP contribution in [0.15, 0.2) is 24.3 Å². The smallest absolute Gasteiger partial charge is 0.334 e. The van der Waals surface area contributed by atoms with E-state index in [-0.39, 0.29) is 29.3 Å². The number of hydrogen-bond donors (Lipinski definition) is 1. The third-order valence-corrected chi connectivity index (χ3v) is 5.90. The lowest BCUT2D eigenvalue weighted by Gasteiger charge is -2.46. The van der Waals surface area contributed by atoms with Crippen LogP contribution in [0.4, 0.5) is 0 Å². The van der Waals surface area contributed by atoms with Crippen LogP contribution >= 0.6 is 0 Å². The lowest BCUT2D eigenvalue weighted by Crippen LogP contribution is -2.50. The van der Waals surface area contributed by atoms with Crippen molar-refractivity contribution in [1.82, 2.24) is 0 Å². The Morgan fingerprint density at radius 2 is 2.17 bits per heavy atom. The molecule has 4 rings (SSSR count). The summed E-state index contributed by atoms with van der Waals surface area (Å²) in [6.45, 7) is 10.2. The molecule has 1 N–H and O–H groups in total. The van der Waals surface area contributed by atoms with Gasteiger partial charge in [0.15, 0.2) is 0 Å². The second-order valence-corrected chi connectivity index (χ2v) is 6.70. The maximum Gasteiger partial charge on any atom is 0.334 e. The highest BCUT2D eigenvalue weighted by Gasteiger charge is 2.69. The summed E-state index contributed by atoms with van der Waals surface area (Å²) in [5, 5.41) is 10.7. The number of ether oxygens (including phenoxy) is 1. The first-order valence-electron chi connectivity index (χ1n) is 6.71. The molecule has 18 heavy (non-hydrogen) atoms.